The van der Waals surface area contributed by atoms with E-state index in [0.717, 1.165) is 11.3 Å². The molecule has 0 saturated carbocycles. The van der Waals surface area contributed by atoms with E-state index >= 15 is 0 Å². The Labute approximate surface area is 117 Å². The van der Waals surface area contributed by atoms with Crippen molar-refractivity contribution in [1.29, 1.82) is 0 Å². The molecule has 0 bridgehead atoms. The van der Waals surface area contributed by atoms with E-state index in [9.17, 15) is 15.2 Å². The Morgan fingerprint density at radius 3 is 2.65 bits per heavy atom. The summed E-state index contributed by atoms with van der Waals surface area (Å²) in [5, 5.41) is 23.6. The van der Waals surface area contributed by atoms with E-state index in [1.165, 1.54) is 0 Å². The average Bonchev–Trinajstić information content (AvgIpc) is 2.38. The SMILES string of the molecule is Cc1ccc(C(C)Nc2cccc(O)c2)cc1[N+](=O)[O-]. The van der Waals surface area contributed by atoms with E-state index in [1.54, 1.807) is 37.3 Å². The summed E-state index contributed by atoms with van der Waals surface area (Å²) in [6, 6.07) is 11.9. The molecule has 5 nitrogen and oxygen atoms in total. The zero-order chi connectivity index (χ0) is 14.7. The summed E-state index contributed by atoms with van der Waals surface area (Å²) in [6.45, 7) is 3.63. The molecule has 104 valence electrons. The third kappa shape index (κ3) is 3.06. The molecular weight excluding hydrogens is 256 g/mol. The maximum absolute atomic E-state index is 11.0. The molecule has 0 heterocycles. The van der Waals surface area contributed by atoms with Crippen molar-refractivity contribution in [2.75, 3.05) is 5.32 Å². The summed E-state index contributed by atoms with van der Waals surface area (Å²) in [6.07, 6.45) is 0. The highest BCUT2D eigenvalue weighted by Gasteiger charge is 2.14. The largest absolute Gasteiger partial charge is 0.508 e. The molecule has 1 atom stereocenters. The molecule has 0 aromatic heterocycles. The average molecular weight is 272 g/mol. The number of aryl methyl sites for hydroxylation is 1. The number of hydrogen-bond donors (Lipinski definition) is 2. The van der Waals surface area contributed by atoms with Gasteiger partial charge in [0.05, 0.1) is 4.92 Å². The number of anilines is 1. The summed E-state index contributed by atoms with van der Waals surface area (Å²) in [4.78, 5) is 10.6. The van der Waals surface area contributed by atoms with Crippen LogP contribution in [0.25, 0.3) is 0 Å². The number of nitro groups is 1. The maximum atomic E-state index is 11.0. The normalized spacial score (nSPS) is 11.9. The van der Waals surface area contributed by atoms with Crippen LogP contribution in [0.1, 0.15) is 24.1 Å². The molecule has 5 heteroatoms. The van der Waals surface area contributed by atoms with Crippen LogP contribution in [0.5, 0.6) is 5.75 Å². The lowest BCUT2D eigenvalue weighted by molar-refractivity contribution is -0.385. The Balaban J connectivity index is 2.23. The van der Waals surface area contributed by atoms with Crippen LogP contribution in [0.2, 0.25) is 0 Å². The van der Waals surface area contributed by atoms with Crippen molar-refractivity contribution in [2.45, 2.75) is 19.9 Å². The first-order chi connectivity index (χ1) is 9.47. The van der Waals surface area contributed by atoms with Crippen molar-refractivity contribution in [3.8, 4) is 5.75 Å². The first-order valence-corrected chi connectivity index (χ1v) is 6.28. The third-order valence-electron chi connectivity index (χ3n) is 3.16. The van der Waals surface area contributed by atoms with Crippen molar-refractivity contribution in [2.24, 2.45) is 0 Å². The van der Waals surface area contributed by atoms with Crippen LogP contribution in [0.3, 0.4) is 0 Å². The second-order valence-corrected chi connectivity index (χ2v) is 4.72. The van der Waals surface area contributed by atoms with Crippen LogP contribution < -0.4 is 5.32 Å². The van der Waals surface area contributed by atoms with Crippen LogP contribution in [0, 0.1) is 17.0 Å². The number of nitrogens with zero attached hydrogens (tertiary/aromatic N) is 1. The van der Waals surface area contributed by atoms with Crippen LogP contribution in [0.4, 0.5) is 11.4 Å². The standard InChI is InChI=1S/C15H16N2O3/c1-10-6-7-12(8-15(10)17(19)20)11(2)16-13-4-3-5-14(18)9-13/h3-9,11,16,18H,1-2H3. The quantitative estimate of drug-likeness (QED) is 0.656. The highest BCUT2D eigenvalue weighted by Crippen LogP contribution is 2.26. The lowest BCUT2D eigenvalue weighted by Gasteiger charge is -2.16. The van der Waals surface area contributed by atoms with Crippen molar-refractivity contribution in [1.82, 2.24) is 0 Å². The Kier molecular flexibility index (Phi) is 3.89. The number of nitro benzene ring substituents is 1. The van der Waals surface area contributed by atoms with Crippen LogP contribution in [-0.4, -0.2) is 10.0 Å². The van der Waals surface area contributed by atoms with Crippen molar-refractivity contribution >= 4 is 11.4 Å². The highest BCUT2D eigenvalue weighted by atomic mass is 16.6. The van der Waals surface area contributed by atoms with Gasteiger partial charge in [-0.15, -0.1) is 0 Å². The van der Waals surface area contributed by atoms with E-state index in [4.69, 9.17) is 0 Å². The maximum Gasteiger partial charge on any atom is 0.272 e. The minimum absolute atomic E-state index is 0.101. The number of phenols is 1. The Bertz CT molecular complexity index is 641. The van der Waals surface area contributed by atoms with Gasteiger partial charge in [-0.3, -0.25) is 10.1 Å². The van der Waals surface area contributed by atoms with E-state index in [0.29, 0.717) is 5.56 Å². The molecule has 2 N–H and O–H groups in total. The predicted octanol–water partition coefficient (Wildman–Crippen LogP) is 3.78. The zero-order valence-corrected chi connectivity index (χ0v) is 11.3. The lowest BCUT2D eigenvalue weighted by atomic mass is 10.0. The van der Waals surface area contributed by atoms with Crippen molar-refractivity contribution < 1.29 is 10.0 Å². The molecule has 0 amide bonds. The van der Waals surface area contributed by atoms with Gasteiger partial charge in [-0.05, 0) is 31.5 Å². The lowest BCUT2D eigenvalue weighted by Crippen LogP contribution is -2.07. The number of rotatable bonds is 4. The van der Waals surface area contributed by atoms with Gasteiger partial charge < -0.3 is 10.4 Å². The molecular formula is C15H16N2O3. The molecule has 0 saturated heterocycles. The topological polar surface area (TPSA) is 75.4 Å². The molecule has 0 aliphatic carbocycles. The van der Waals surface area contributed by atoms with Gasteiger partial charge >= 0.3 is 0 Å². The minimum atomic E-state index is -0.375. The fraction of sp³-hybridized carbons (Fsp3) is 0.200. The zero-order valence-electron chi connectivity index (χ0n) is 11.3. The van der Waals surface area contributed by atoms with Gasteiger partial charge in [-0.1, -0.05) is 18.2 Å². The van der Waals surface area contributed by atoms with Crippen LogP contribution in [0.15, 0.2) is 42.5 Å². The first kappa shape index (κ1) is 13.9. The monoisotopic (exact) mass is 272 g/mol. The minimum Gasteiger partial charge on any atom is -0.508 e. The van der Waals surface area contributed by atoms with Crippen LogP contribution in [-0.2, 0) is 0 Å². The highest BCUT2D eigenvalue weighted by molar-refractivity contribution is 5.51. The molecule has 0 aliphatic rings. The Morgan fingerprint density at radius 2 is 2.00 bits per heavy atom. The van der Waals surface area contributed by atoms with Gasteiger partial charge in [0.2, 0.25) is 0 Å². The molecule has 0 aliphatic heterocycles. The van der Waals surface area contributed by atoms with Gasteiger partial charge in [0, 0.05) is 29.4 Å². The molecule has 1 unspecified atom stereocenters. The smallest absolute Gasteiger partial charge is 0.272 e. The predicted molar refractivity (Wildman–Crippen MR) is 78.0 cm³/mol. The fourth-order valence-electron chi connectivity index (χ4n) is 2.02. The summed E-state index contributed by atoms with van der Waals surface area (Å²) in [5.41, 5.74) is 2.35. The van der Waals surface area contributed by atoms with Gasteiger partial charge in [0.15, 0.2) is 0 Å². The number of nitrogens with one attached hydrogen (secondary N) is 1. The number of phenolic OH excluding ortho intramolecular Hbond substituents is 1. The molecule has 2 aromatic rings. The molecule has 20 heavy (non-hydrogen) atoms. The number of hydrogen-bond acceptors (Lipinski definition) is 4. The van der Waals surface area contributed by atoms with E-state index < -0.39 is 0 Å². The van der Waals surface area contributed by atoms with E-state index in [1.807, 2.05) is 19.1 Å². The second-order valence-electron chi connectivity index (χ2n) is 4.72. The summed E-state index contributed by atoms with van der Waals surface area (Å²) >= 11 is 0. The summed E-state index contributed by atoms with van der Waals surface area (Å²) < 4.78 is 0. The van der Waals surface area contributed by atoms with Crippen molar-refractivity contribution in [3.05, 3.63) is 63.7 Å². The van der Waals surface area contributed by atoms with Gasteiger partial charge in [0.25, 0.3) is 5.69 Å². The van der Waals surface area contributed by atoms with Gasteiger partial charge in [0.1, 0.15) is 5.75 Å². The molecule has 0 spiro atoms. The fourth-order valence-corrected chi connectivity index (χ4v) is 2.02. The molecule has 0 radical (unpaired) electrons. The van der Waals surface area contributed by atoms with E-state index in [2.05, 4.69) is 5.32 Å². The molecule has 2 rings (SSSR count). The number of benzene rings is 2. The molecule has 0 fully saturated rings. The second kappa shape index (κ2) is 5.61. The number of aromatic hydroxyl groups is 1. The molecule has 2 aromatic carbocycles. The van der Waals surface area contributed by atoms with Crippen LogP contribution >= 0.6 is 0 Å². The summed E-state index contributed by atoms with van der Waals surface area (Å²) in [5.74, 6) is 0.178. The van der Waals surface area contributed by atoms with Crippen molar-refractivity contribution in [3.63, 3.8) is 0 Å². The van der Waals surface area contributed by atoms with Gasteiger partial charge in [-0.25, -0.2) is 0 Å². The third-order valence-corrected chi connectivity index (χ3v) is 3.16. The Hall–Kier alpha value is -2.56. The van der Waals surface area contributed by atoms with Gasteiger partial charge in [-0.2, -0.15) is 0 Å². The van der Waals surface area contributed by atoms with E-state index in [-0.39, 0.29) is 22.4 Å². The summed E-state index contributed by atoms with van der Waals surface area (Å²) in [7, 11) is 0. The Morgan fingerprint density at radius 1 is 1.25 bits per heavy atom. The first-order valence-electron chi connectivity index (χ1n) is 6.28.